The zero-order valence-corrected chi connectivity index (χ0v) is 23.1. The average molecular weight is 551 g/mol. The number of hydrogen-bond acceptors (Lipinski definition) is 7. The maximum Gasteiger partial charge on any atom is 0.268 e. The Morgan fingerprint density at radius 3 is 2.26 bits per heavy atom. The van der Waals surface area contributed by atoms with Gasteiger partial charge in [-0.05, 0) is 36.8 Å². The Bertz CT molecular complexity index is 1140. The molecule has 0 fully saturated rings. The Kier molecular flexibility index (Phi) is 11.9. The Morgan fingerprint density at radius 1 is 1.03 bits per heavy atom. The molecule has 0 spiro atoms. The molecule has 0 unspecified atom stereocenters. The fraction of sp³-hybridized carbons (Fsp3) is 0.520. The molecule has 0 aliphatic rings. The number of rotatable bonds is 14. The first kappa shape index (κ1) is 30.9. The van der Waals surface area contributed by atoms with Gasteiger partial charge in [-0.3, -0.25) is 19.6 Å². The number of hydrazine groups is 1. The Labute approximate surface area is 224 Å². The first-order valence-electron chi connectivity index (χ1n) is 12.5. The molecule has 1 heterocycles. The Morgan fingerprint density at radius 2 is 1.71 bits per heavy atom. The number of hydroxylamine groups is 1. The normalized spacial score (nSPS) is 12.4. The van der Waals surface area contributed by atoms with Gasteiger partial charge in [0.15, 0.2) is 0 Å². The quantitative estimate of drug-likeness (QED) is 0.239. The summed E-state index contributed by atoms with van der Waals surface area (Å²) in [4.78, 5) is 43.8. The lowest BCUT2D eigenvalue weighted by Gasteiger charge is -2.40. The van der Waals surface area contributed by atoms with Crippen LogP contribution in [-0.2, 0) is 31.0 Å². The van der Waals surface area contributed by atoms with Gasteiger partial charge in [0, 0.05) is 31.9 Å². The van der Waals surface area contributed by atoms with Crippen LogP contribution in [0.1, 0.15) is 47.0 Å². The molecule has 1 atom stereocenters. The summed E-state index contributed by atoms with van der Waals surface area (Å²) in [7, 11) is -3.88. The van der Waals surface area contributed by atoms with E-state index < -0.39 is 33.8 Å². The molecule has 2 aromatic rings. The van der Waals surface area contributed by atoms with E-state index in [1.54, 1.807) is 34.4 Å². The molecular weight excluding hydrogens is 512 g/mol. The van der Waals surface area contributed by atoms with Gasteiger partial charge in [-0.15, -0.1) is 0 Å². The molecular formula is C25H38N6O6S. The monoisotopic (exact) mass is 550 g/mol. The van der Waals surface area contributed by atoms with Gasteiger partial charge in [0.2, 0.25) is 15.9 Å². The summed E-state index contributed by atoms with van der Waals surface area (Å²) in [5, 5.41) is 11.8. The minimum absolute atomic E-state index is 0.0463. The number of sulfonamides is 1. The van der Waals surface area contributed by atoms with Gasteiger partial charge in [0.25, 0.3) is 11.8 Å². The second-order valence-electron chi connectivity index (χ2n) is 9.77. The van der Waals surface area contributed by atoms with Gasteiger partial charge in [-0.1, -0.05) is 45.9 Å². The lowest BCUT2D eigenvalue weighted by molar-refractivity contribution is -0.176. The molecule has 1 aromatic heterocycles. The van der Waals surface area contributed by atoms with E-state index in [1.807, 2.05) is 27.7 Å². The van der Waals surface area contributed by atoms with Crippen molar-refractivity contribution in [1.82, 2.24) is 29.8 Å². The molecule has 1 aromatic carbocycles. The fourth-order valence-electron chi connectivity index (χ4n) is 3.73. The molecule has 0 radical (unpaired) electrons. The second kappa shape index (κ2) is 14.6. The van der Waals surface area contributed by atoms with Gasteiger partial charge in [0.1, 0.15) is 12.6 Å². The average Bonchev–Trinajstić information content (AvgIpc) is 3.38. The summed E-state index contributed by atoms with van der Waals surface area (Å²) in [5.41, 5.74) is 1.57. The van der Waals surface area contributed by atoms with E-state index in [1.165, 1.54) is 29.7 Å². The van der Waals surface area contributed by atoms with E-state index in [-0.39, 0.29) is 49.2 Å². The van der Waals surface area contributed by atoms with Gasteiger partial charge in [-0.25, -0.2) is 33.6 Å². The van der Waals surface area contributed by atoms with Gasteiger partial charge in [-0.2, -0.15) is 0 Å². The van der Waals surface area contributed by atoms with Crippen molar-refractivity contribution in [3.05, 3.63) is 49.1 Å². The summed E-state index contributed by atoms with van der Waals surface area (Å²) in [6.07, 6.45) is 4.95. The summed E-state index contributed by atoms with van der Waals surface area (Å²) in [6, 6.07) is 6.36. The zero-order valence-electron chi connectivity index (χ0n) is 22.3. The van der Waals surface area contributed by atoms with Crippen molar-refractivity contribution in [2.75, 3.05) is 13.1 Å². The molecule has 3 amide bonds. The zero-order chi connectivity index (χ0) is 28.3. The predicted molar refractivity (Wildman–Crippen MR) is 140 cm³/mol. The van der Waals surface area contributed by atoms with Crippen molar-refractivity contribution in [1.29, 1.82) is 0 Å². The highest BCUT2D eigenvalue weighted by Crippen LogP contribution is 2.18. The van der Waals surface area contributed by atoms with Gasteiger partial charge < -0.3 is 4.57 Å². The first-order valence-corrected chi connectivity index (χ1v) is 14.0. The number of nitrogens with one attached hydrogen (secondary N) is 2. The molecule has 0 aliphatic carbocycles. The smallest absolute Gasteiger partial charge is 0.268 e. The molecule has 3 N–H and O–H groups in total. The number of hydrogen-bond donors (Lipinski definition) is 3. The minimum Gasteiger partial charge on any atom is -0.328 e. The van der Waals surface area contributed by atoms with Crippen molar-refractivity contribution >= 4 is 27.7 Å². The maximum atomic E-state index is 13.5. The molecule has 0 saturated carbocycles. The molecule has 38 heavy (non-hydrogen) atoms. The van der Waals surface area contributed by atoms with Crippen LogP contribution in [0, 0.1) is 11.8 Å². The van der Waals surface area contributed by atoms with Crippen molar-refractivity contribution in [2.45, 2.75) is 64.4 Å². The number of carbonyl (C=O) groups excluding carboxylic acids is 3. The minimum atomic E-state index is -3.88. The second-order valence-corrected chi connectivity index (χ2v) is 11.5. The number of carbonyl (C=O) groups is 3. The summed E-state index contributed by atoms with van der Waals surface area (Å²) >= 11 is 0. The van der Waals surface area contributed by atoms with E-state index in [0.717, 1.165) is 5.01 Å². The van der Waals surface area contributed by atoms with Crippen LogP contribution in [0.4, 0.5) is 0 Å². The van der Waals surface area contributed by atoms with Crippen LogP contribution in [0.25, 0.3) is 0 Å². The highest BCUT2D eigenvalue weighted by molar-refractivity contribution is 7.89. The molecule has 13 heteroatoms. The molecule has 0 bridgehead atoms. The van der Waals surface area contributed by atoms with Crippen LogP contribution >= 0.6 is 0 Å². The highest BCUT2D eigenvalue weighted by atomic mass is 32.2. The van der Waals surface area contributed by atoms with Gasteiger partial charge >= 0.3 is 0 Å². The van der Waals surface area contributed by atoms with Crippen LogP contribution in [-0.4, -0.2) is 70.0 Å². The number of amides is 3. The lowest BCUT2D eigenvalue weighted by atomic mass is 10.1. The molecule has 210 valence electrons. The molecule has 0 aliphatic heterocycles. The van der Waals surface area contributed by atoms with E-state index in [2.05, 4.69) is 9.71 Å². The SMILES string of the molecule is CC(C)CCC(=O)N([C@@H](CCNS(=O)(=O)c1ccccc1)C(=O)NO)N(CC(C)C)C(=O)Cn1ccnc1. The predicted octanol–water partition coefficient (Wildman–Crippen LogP) is 1.79. The number of benzene rings is 1. The lowest BCUT2D eigenvalue weighted by Crippen LogP contribution is -2.60. The number of nitrogens with zero attached hydrogens (tertiary/aromatic N) is 4. The summed E-state index contributed by atoms with van der Waals surface area (Å²) in [5.74, 6) is -1.78. The number of aromatic nitrogens is 2. The Hall–Kier alpha value is -3.29. The van der Waals surface area contributed by atoms with Crippen molar-refractivity contribution in [3.63, 3.8) is 0 Å². The Balaban J connectivity index is 2.39. The molecule has 2 rings (SSSR count). The van der Waals surface area contributed by atoms with E-state index in [9.17, 15) is 28.0 Å². The third-order valence-corrected chi connectivity index (χ3v) is 7.10. The fourth-order valence-corrected chi connectivity index (χ4v) is 4.80. The summed E-state index contributed by atoms with van der Waals surface area (Å²) in [6.45, 7) is 7.38. The third-order valence-electron chi connectivity index (χ3n) is 5.63. The maximum absolute atomic E-state index is 13.5. The highest BCUT2D eigenvalue weighted by Gasteiger charge is 2.37. The standard InChI is InChI=1S/C25H38N6O6S/c1-19(2)10-11-23(32)31(30(16-20(3)4)24(33)17-29-15-14-26-18-29)22(25(34)28-35)12-13-27-38(36,37)21-8-6-5-7-9-21/h5-9,14-15,18-20,22,27,35H,10-13,16-17H2,1-4H3,(H,28,34)/t22-/m0/s1. The van der Waals surface area contributed by atoms with Crippen LogP contribution in [0.15, 0.2) is 53.9 Å². The van der Waals surface area contributed by atoms with Crippen molar-refractivity contribution in [2.24, 2.45) is 11.8 Å². The van der Waals surface area contributed by atoms with E-state index in [4.69, 9.17) is 0 Å². The molecule has 0 saturated heterocycles. The largest absolute Gasteiger partial charge is 0.328 e. The van der Waals surface area contributed by atoms with Crippen LogP contribution in [0.3, 0.4) is 0 Å². The van der Waals surface area contributed by atoms with E-state index >= 15 is 0 Å². The molecule has 12 nitrogen and oxygen atoms in total. The summed E-state index contributed by atoms with van der Waals surface area (Å²) < 4.78 is 29.3. The van der Waals surface area contributed by atoms with Gasteiger partial charge in [0.05, 0.1) is 11.2 Å². The topological polar surface area (TPSA) is 154 Å². The van der Waals surface area contributed by atoms with Crippen LogP contribution in [0.2, 0.25) is 0 Å². The first-order chi connectivity index (χ1) is 18.0. The van der Waals surface area contributed by atoms with Crippen molar-refractivity contribution < 1.29 is 28.0 Å². The van der Waals surface area contributed by atoms with Crippen LogP contribution < -0.4 is 10.2 Å². The van der Waals surface area contributed by atoms with E-state index in [0.29, 0.717) is 6.42 Å². The van der Waals surface area contributed by atoms with Crippen LogP contribution in [0.5, 0.6) is 0 Å². The number of imidazole rings is 1. The van der Waals surface area contributed by atoms with Crippen molar-refractivity contribution in [3.8, 4) is 0 Å². The third kappa shape index (κ3) is 9.23.